The number of thioether (sulfide) groups is 3. The summed E-state index contributed by atoms with van der Waals surface area (Å²) in [5.41, 5.74) is -1.90. The van der Waals surface area contributed by atoms with Gasteiger partial charge >= 0.3 is 0 Å². The van der Waals surface area contributed by atoms with E-state index >= 15 is 0 Å². The number of hydrogen-bond donors (Lipinski definition) is 5. The first-order valence-corrected chi connectivity index (χ1v) is 30.9. The lowest BCUT2D eigenvalue weighted by atomic mass is 9.72. The fraction of sp³-hybridized carbons (Fsp3) is 0.589. The number of ketones is 4. The zero-order valence-electron chi connectivity index (χ0n) is 46.2. The van der Waals surface area contributed by atoms with Gasteiger partial charge in [0.1, 0.15) is 47.1 Å². The number of nitrogens with one attached hydrogen (secondary N) is 2. The van der Waals surface area contributed by atoms with Crippen LogP contribution in [0.2, 0.25) is 0 Å². The number of carbonyl (C=O) groups is 6. The first-order chi connectivity index (χ1) is 39.1. The van der Waals surface area contributed by atoms with Crippen molar-refractivity contribution in [3.8, 4) is 23.0 Å². The number of methoxy groups -OCH3 is 2. The number of benzene rings is 2. The van der Waals surface area contributed by atoms with Crippen molar-refractivity contribution in [3.63, 3.8) is 0 Å². The van der Waals surface area contributed by atoms with Gasteiger partial charge in [-0.2, -0.15) is 35.3 Å². The fourth-order valence-corrected chi connectivity index (χ4v) is 12.5. The zero-order valence-corrected chi connectivity index (χ0v) is 48.6. The van der Waals surface area contributed by atoms with Crippen LogP contribution in [0.4, 0.5) is 0 Å². The van der Waals surface area contributed by atoms with E-state index in [1.807, 2.05) is 31.6 Å². The third kappa shape index (κ3) is 14.9. The van der Waals surface area contributed by atoms with Crippen molar-refractivity contribution >= 4 is 70.2 Å². The number of rotatable bonds is 30. The maximum Gasteiger partial charge on any atom is 0.252 e. The van der Waals surface area contributed by atoms with Crippen molar-refractivity contribution in [1.82, 2.24) is 20.5 Å². The second kappa shape index (κ2) is 29.1. The third-order valence-corrected chi connectivity index (χ3v) is 16.8. The Labute approximate surface area is 483 Å². The molecule has 22 nitrogen and oxygen atoms in total. The summed E-state index contributed by atoms with van der Waals surface area (Å²) in [5.74, 6) is -1.82. The average molecular weight is 1190 g/mol. The Bertz CT molecular complexity index is 2750. The molecule has 2 aromatic carbocycles. The molecule has 81 heavy (non-hydrogen) atoms. The molecule has 25 heteroatoms. The zero-order chi connectivity index (χ0) is 57.8. The first-order valence-electron chi connectivity index (χ1n) is 27.0. The van der Waals surface area contributed by atoms with Crippen molar-refractivity contribution in [1.29, 1.82) is 0 Å². The summed E-state index contributed by atoms with van der Waals surface area (Å²) in [7, 11) is 2.86. The minimum atomic E-state index is -2.38. The fourth-order valence-electron chi connectivity index (χ4n) is 10.8. The van der Waals surface area contributed by atoms with Gasteiger partial charge in [-0.15, -0.1) is 0 Å². The van der Waals surface area contributed by atoms with Crippen molar-refractivity contribution in [2.45, 2.75) is 112 Å². The van der Waals surface area contributed by atoms with E-state index in [2.05, 4.69) is 20.5 Å². The molecule has 3 saturated heterocycles. The molecule has 4 heterocycles. The summed E-state index contributed by atoms with van der Waals surface area (Å²) >= 11 is 4.63. The molecule has 0 radical (unpaired) electrons. The van der Waals surface area contributed by atoms with Gasteiger partial charge in [0.05, 0.1) is 92.7 Å². The van der Waals surface area contributed by atoms with Gasteiger partial charge in [0.15, 0.2) is 30.4 Å². The van der Waals surface area contributed by atoms with E-state index in [1.165, 1.54) is 44.2 Å². The minimum absolute atomic E-state index is 0.0135. The number of nitrogens with zero attached hydrogens (tertiary/aromatic N) is 2. The standard InChI is InChI=1S/C56H72N4O18S3/c1-31-52-39(60-14-16-75-54(71-3)53(60)78-52)24-43(76-31)77-41-26-56(69,25-38-45(41)51(67)47-46(49(38)65)48(64)37-9-6-10-40(70-2)44(37)50(47)66)55(68)58-27-35(62)12-21-81-30-42(63)57-13-7-8-34(61)11-15-72-17-18-73-19-20-74-36-22-32(28-79-4)59-33(23-36)29-80-5/h6,9-10,22-23,31,39,41,43,52-54,65,67,69H,7-8,11-21,24-30H2,1-5H3,(H,57,63)(H,58,68)/t31-,39-,41-,43-,52+,53+,54-,56-/m0/s1. The monoisotopic (exact) mass is 1180 g/mol. The van der Waals surface area contributed by atoms with Gasteiger partial charge in [-0.1, -0.05) is 12.1 Å². The number of fused-ring (bicyclic) bond motifs is 6. The highest BCUT2D eigenvalue weighted by Crippen LogP contribution is 2.53. The highest BCUT2D eigenvalue weighted by atomic mass is 32.2. The van der Waals surface area contributed by atoms with Crippen LogP contribution in [0.15, 0.2) is 30.3 Å². The summed E-state index contributed by atoms with van der Waals surface area (Å²) in [5, 5.41) is 41.7. The van der Waals surface area contributed by atoms with Gasteiger partial charge in [0.25, 0.3) is 5.91 Å². The van der Waals surface area contributed by atoms with Crippen molar-refractivity contribution in [3.05, 3.63) is 75.1 Å². The highest BCUT2D eigenvalue weighted by molar-refractivity contribution is 8.00. The summed E-state index contributed by atoms with van der Waals surface area (Å²) in [6.07, 6.45) is -0.435. The molecule has 3 fully saturated rings. The molecule has 8 atom stereocenters. The molecular weight excluding hydrogens is 1110 g/mol. The molecule has 0 bridgehead atoms. The Hall–Kier alpha value is -4.90. The van der Waals surface area contributed by atoms with Gasteiger partial charge in [-0.3, -0.25) is 38.7 Å². The quantitative estimate of drug-likeness (QED) is 0.0364. The molecule has 3 aromatic rings. The van der Waals surface area contributed by atoms with Crippen LogP contribution < -0.4 is 20.1 Å². The number of phenolic OH excluding ortho intramolecular Hbond substituents is 2. The number of Topliss-reactive ketones (excluding diaryl/α,β-unsaturated/α-hetero) is 2. The maximum absolute atomic E-state index is 14.2. The number of aromatic hydroxyl groups is 2. The summed E-state index contributed by atoms with van der Waals surface area (Å²) in [4.78, 5) is 87.2. The van der Waals surface area contributed by atoms with Gasteiger partial charge in [0.2, 0.25) is 11.7 Å². The van der Waals surface area contributed by atoms with Crippen LogP contribution in [0.1, 0.15) is 106 Å². The molecule has 442 valence electrons. The Morgan fingerprint density at radius 3 is 2.33 bits per heavy atom. The van der Waals surface area contributed by atoms with E-state index in [9.17, 15) is 44.1 Å². The van der Waals surface area contributed by atoms with E-state index in [0.29, 0.717) is 52.5 Å². The number of carbonyl (C=O) groups excluding carboxylic acids is 6. The molecule has 2 amide bonds. The first kappa shape index (κ1) is 62.2. The van der Waals surface area contributed by atoms with Crippen molar-refractivity contribution in [2.24, 2.45) is 0 Å². The van der Waals surface area contributed by atoms with Crippen LogP contribution in [0.3, 0.4) is 0 Å². The highest BCUT2D eigenvalue weighted by Gasteiger charge is 2.55. The van der Waals surface area contributed by atoms with E-state index in [-0.39, 0.29) is 89.5 Å². The lowest BCUT2D eigenvalue weighted by Crippen LogP contribution is -2.55. The molecule has 3 aliphatic heterocycles. The van der Waals surface area contributed by atoms with Gasteiger partial charge in [-0.25, -0.2) is 0 Å². The number of pyridine rings is 1. The predicted octanol–water partition coefficient (Wildman–Crippen LogP) is 4.05. The van der Waals surface area contributed by atoms with Crippen LogP contribution in [0, 0.1) is 0 Å². The van der Waals surface area contributed by atoms with Gasteiger partial charge in [0, 0.05) is 111 Å². The molecule has 0 saturated carbocycles. The molecular formula is C56H72N4O18S3. The second-order valence-electron chi connectivity index (χ2n) is 20.2. The summed E-state index contributed by atoms with van der Waals surface area (Å²) in [6.45, 7) is 4.29. The number of aliphatic hydroxyl groups is 1. The number of aromatic nitrogens is 1. The molecule has 8 rings (SSSR count). The normalized spacial score (nSPS) is 23.9. The lowest BCUT2D eigenvalue weighted by Gasteiger charge is -2.43. The topological polar surface area (TPSA) is 286 Å². The van der Waals surface area contributed by atoms with E-state index in [1.54, 1.807) is 23.5 Å². The molecule has 1 aromatic heterocycles. The Morgan fingerprint density at radius 2 is 1.60 bits per heavy atom. The van der Waals surface area contributed by atoms with Crippen LogP contribution in [-0.4, -0.2) is 200 Å². The number of ether oxygens (including phenoxy) is 9. The minimum Gasteiger partial charge on any atom is -0.507 e. The van der Waals surface area contributed by atoms with Crippen LogP contribution in [0.25, 0.3) is 0 Å². The Kier molecular flexibility index (Phi) is 22.3. The number of hydrogen-bond acceptors (Lipinski definition) is 23. The van der Waals surface area contributed by atoms with E-state index in [4.69, 9.17) is 42.6 Å². The molecule has 5 N–H and O–H groups in total. The van der Waals surface area contributed by atoms with Crippen molar-refractivity contribution < 1.29 is 86.7 Å². The molecule has 2 aliphatic carbocycles. The smallest absolute Gasteiger partial charge is 0.252 e. The number of morpholine rings is 1. The molecule has 5 aliphatic rings. The maximum atomic E-state index is 14.2. The van der Waals surface area contributed by atoms with Crippen LogP contribution in [-0.2, 0) is 70.3 Å². The van der Waals surface area contributed by atoms with Gasteiger partial charge < -0.3 is 68.6 Å². The largest absolute Gasteiger partial charge is 0.507 e. The van der Waals surface area contributed by atoms with Crippen LogP contribution >= 0.6 is 35.3 Å². The van der Waals surface area contributed by atoms with Crippen LogP contribution in [0.5, 0.6) is 23.0 Å². The number of phenols is 2. The summed E-state index contributed by atoms with van der Waals surface area (Å²) in [6, 6.07) is 8.06. The molecule has 0 unspecified atom stereocenters. The second-order valence-corrected chi connectivity index (χ2v) is 23.0. The lowest BCUT2D eigenvalue weighted by molar-refractivity contribution is -0.256. The average Bonchev–Trinajstić information content (AvgIpc) is 4.01. The van der Waals surface area contributed by atoms with Gasteiger partial charge in [-0.05, 0) is 31.9 Å². The SMILES string of the molecule is COc1cccc2c1C(=O)c1c(O)c3c(c(O)c1C2=O)C[C@@](O)(C(=O)NCC(=O)CCSCC(=O)NCCCC(=O)CCOCCOCCOc1cc(CSC)nc(CSC)c1)C[C@@H]3O[C@H]1C[C@H]2[C@H](O[C@@H]3[C@@H](OC)OCCN32)[C@H](C)O1. The molecule has 0 spiro atoms. The number of amides is 2. The predicted molar refractivity (Wildman–Crippen MR) is 299 cm³/mol. The third-order valence-electron chi connectivity index (χ3n) is 14.6. The van der Waals surface area contributed by atoms with E-state index < -0.39 is 108 Å². The Balaban J connectivity index is 0.775. The van der Waals surface area contributed by atoms with Crippen molar-refractivity contribution in [2.75, 3.05) is 97.5 Å². The van der Waals surface area contributed by atoms with E-state index in [0.717, 1.165) is 28.6 Å². The summed E-state index contributed by atoms with van der Waals surface area (Å²) < 4.78 is 53.0. The Morgan fingerprint density at radius 1 is 0.877 bits per heavy atom.